The molecule has 0 unspecified atom stereocenters. The van der Waals surface area contributed by atoms with Gasteiger partial charge in [0, 0.05) is 24.2 Å². The first-order chi connectivity index (χ1) is 8.33. The highest BCUT2D eigenvalue weighted by Gasteiger charge is 1.93. The molecule has 3 nitrogen and oxygen atoms in total. The Morgan fingerprint density at radius 1 is 1.12 bits per heavy atom. The lowest BCUT2D eigenvalue weighted by Crippen LogP contribution is -2.23. The fourth-order valence-corrected chi connectivity index (χ4v) is 1.60. The zero-order valence-corrected chi connectivity index (χ0v) is 11.8. The molecule has 4 heteroatoms. The monoisotopic (exact) mass is 301 g/mol. The topological polar surface area (TPSA) is 30.5 Å². The van der Waals surface area contributed by atoms with E-state index in [4.69, 9.17) is 9.47 Å². The Hall–Kier alpha value is -0.580. The Morgan fingerprint density at radius 2 is 1.88 bits per heavy atom. The van der Waals surface area contributed by atoms with Gasteiger partial charge in [0.05, 0.1) is 0 Å². The third-order valence-corrected chi connectivity index (χ3v) is 2.74. The fourth-order valence-electron chi connectivity index (χ4n) is 1.34. The van der Waals surface area contributed by atoms with E-state index in [0.717, 1.165) is 42.9 Å². The summed E-state index contributed by atoms with van der Waals surface area (Å²) in [7, 11) is 0. The molecule has 0 aliphatic rings. The molecule has 0 radical (unpaired) electrons. The molecule has 1 aromatic carbocycles. The Morgan fingerprint density at radius 3 is 2.59 bits per heavy atom. The molecule has 1 N–H and O–H groups in total. The van der Waals surface area contributed by atoms with Gasteiger partial charge >= 0.3 is 0 Å². The first-order valence-corrected chi connectivity index (χ1v) is 6.79. The van der Waals surface area contributed by atoms with Gasteiger partial charge in [-0.05, 0) is 44.2 Å². The van der Waals surface area contributed by atoms with Crippen LogP contribution in [0.2, 0.25) is 0 Å². The van der Waals surface area contributed by atoms with Gasteiger partial charge < -0.3 is 14.8 Å². The summed E-state index contributed by atoms with van der Waals surface area (Å²) in [5.74, 6) is 0.907. The Labute approximate surface area is 112 Å². The van der Waals surface area contributed by atoms with E-state index in [1.165, 1.54) is 0 Å². The first kappa shape index (κ1) is 14.5. The number of hydrogen-bond acceptors (Lipinski definition) is 3. The lowest BCUT2D eigenvalue weighted by atomic mass is 10.3. The van der Waals surface area contributed by atoms with Gasteiger partial charge in [0.2, 0.25) is 0 Å². The molecule has 0 spiro atoms. The Kier molecular flexibility index (Phi) is 8.05. The summed E-state index contributed by atoms with van der Waals surface area (Å²) in [6.45, 7) is 6.17. The molecule has 0 aliphatic carbocycles. The Balaban J connectivity index is 1.95. The SMILES string of the molecule is CCOCCCNCCOc1ccc(Br)cc1. The maximum absolute atomic E-state index is 5.57. The summed E-state index contributed by atoms with van der Waals surface area (Å²) >= 11 is 3.39. The molecule has 0 atom stereocenters. The minimum atomic E-state index is 0.691. The first-order valence-electron chi connectivity index (χ1n) is 5.99. The van der Waals surface area contributed by atoms with E-state index in [1.54, 1.807) is 0 Å². The molecule has 0 saturated carbocycles. The van der Waals surface area contributed by atoms with Crippen LogP contribution < -0.4 is 10.1 Å². The zero-order valence-electron chi connectivity index (χ0n) is 10.2. The van der Waals surface area contributed by atoms with Crippen molar-refractivity contribution in [3.63, 3.8) is 0 Å². The minimum absolute atomic E-state index is 0.691. The van der Waals surface area contributed by atoms with E-state index in [-0.39, 0.29) is 0 Å². The predicted molar refractivity (Wildman–Crippen MR) is 73.6 cm³/mol. The summed E-state index contributed by atoms with van der Waals surface area (Å²) < 4.78 is 11.9. The average molecular weight is 302 g/mol. The number of nitrogens with one attached hydrogen (secondary N) is 1. The lowest BCUT2D eigenvalue weighted by molar-refractivity contribution is 0.144. The van der Waals surface area contributed by atoms with Crippen molar-refractivity contribution in [3.8, 4) is 5.75 Å². The van der Waals surface area contributed by atoms with Crippen molar-refractivity contribution >= 4 is 15.9 Å². The second kappa shape index (κ2) is 9.45. The fraction of sp³-hybridized carbons (Fsp3) is 0.538. The highest BCUT2D eigenvalue weighted by atomic mass is 79.9. The van der Waals surface area contributed by atoms with E-state index in [9.17, 15) is 0 Å². The molecule has 0 fully saturated rings. The number of ether oxygens (including phenoxy) is 2. The van der Waals surface area contributed by atoms with Crippen LogP contribution in [-0.4, -0.2) is 32.9 Å². The van der Waals surface area contributed by atoms with E-state index in [2.05, 4.69) is 21.2 Å². The minimum Gasteiger partial charge on any atom is -0.492 e. The van der Waals surface area contributed by atoms with Crippen molar-refractivity contribution in [1.82, 2.24) is 5.32 Å². The molecule has 0 bridgehead atoms. The van der Waals surface area contributed by atoms with Gasteiger partial charge in [-0.2, -0.15) is 0 Å². The standard InChI is InChI=1S/C13H20BrNO2/c1-2-16-10-3-8-15-9-11-17-13-6-4-12(14)5-7-13/h4-7,15H,2-3,8-11H2,1H3. The molecule has 0 saturated heterocycles. The zero-order chi connectivity index (χ0) is 12.3. The molecule has 17 heavy (non-hydrogen) atoms. The van der Waals surface area contributed by atoms with Crippen LogP contribution in [0.15, 0.2) is 28.7 Å². The summed E-state index contributed by atoms with van der Waals surface area (Å²) in [6.07, 6.45) is 1.05. The van der Waals surface area contributed by atoms with Crippen molar-refractivity contribution in [2.24, 2.45) is 0 Å². The summed E-state index contributed by atoms with van der Waals surface area (Å²) in [6, 6.07) is 7.87. The molecule has 1 aromatic rings. The number of benzene rings is 1. The third kappa shape index (κ3) is 7.36. The molecular formula is C13H20BrNO2. The van der Waals surface area contributed by atoms with Crippen molar-refractivity contribution in [3.05, 3.63) is 28.7 Å². The van der Waals surface area contributed by atoms with Crippen LogP contribution in [0.1, 0.15) is 13.3 Å². The highest BCUT2D eigenvalue weighted by Crippen LogP contribution is 2.15. The molecule has 0 amide bonds. The second-order valence-electron chi connectivity index (χ2n) is 3.60. The van der Waals surface area contributed by atoms with Crippen LogP contribution >= 0.6 is 15.9 Å². The second-order valence-corrected chi connectivity index (χ2v) is 4.52. The van der Waals surface area contributed by atoms with Gasteiger partial charge in [-0.25, -0.2) is 0 Å². The van der Waals surface area contributed by atoms with Gasteiger partial charge in [0.15, 0.2) is 0 Å². The average Bonchev–Trinajstić information content (AvgIpc) is 2.35. The van der Waals surface area contributed by atoms with Crippen LogP contribution in [0.3, 0.4) is 0 Å². The highest BCUT2D eigenvalue weighted by molar-refractivity contribution is 9.10. The van der Waals surface area contributed by atoms with E-state index in [0.29, 0.717) is 6.61 Å². The van der Waals surface area contributed by atoms with E-state index < -0.39 is 0 Å². The van der Waals surface area contributed by atoms with Gasteiger partial charge in [-0.3, -0.25) is 0 Å². The number of rotatable bonds is 9. The molecule has 0 heterocycles. The summed E-state index contributed by atoms with van der Waals surface area (Å²) in [4.78, 5) is 0. The Bertz CT molecular complexity index is 290. The maximum Gasteiger partial charge on any atom is 0.119 e. The van der Waals surface area contributed by atoms with E-state index >= 15 is 0 Å². The van der Waals surface area contributed by atoms with Gasteiger partial charge in [-0.15, -0.1) is 0 Å². The van der Waals surface area contributed by atoms with Crippen molar-refractivity contribution in [2.75, 3.05) is 32.9 Å². The summed E-state index contributed by atoms with van der Waals surface area (Å²) in [5.41, 5.74) is 0. The van der Waals surface area contributed by atoms with Gasteiger partial charge in [-0.1, -0.05) is 15.9 Å². The maximum atomic E-state index is 5.57. The van der Waals surface area contributed by atoms with Crippen molar-refractivity contribution in [2.45, 2.75) is 13.3 Å². The number of hydrogen-bond donors (Lipinski definition) is 1. The molecule has 96 valence electrons. The van der Waals surface area contributed by atoms with Crippen molar-refractivity contribution < 1.29 is 9.47 Å². The van der Waals surface area contributed by atoms with Crippen LogP contribution in [0.4, 0.5) is 0 Å². The largest absolute Gasteiger partial charge is 0.492 e. The quantitative estimate of drug-likeness (QED) is 0.712. The summed E-state index contributed by atoms with van der Waals surface area (Å²) in [5, 5.41) is 3.31. The van der Waals surface area contributed by atoms with Gasteiger partial charge in [0.25, 0.3) is 0 Å². The predicted octanol–water partition coefficient (Wildman–Crippen LogP) is 2.84. The van der Waals surface area contributed by atoms with Crippen LogP contribution in [-0.2, 0) is 4.74 Å². The molecule has 1 rings (SSSR count). The molecular weight excluding hydrogens is 282 g/mol. The van der Waals surface area contributed by atoms with E-state index in [1.807, 2.05) is 31.2 Å². The van der Waals surface area contributed by atoms with Crippen LogP contribution in [0, 0.1) is 0 Å². The third-order valence-electron chi connectivity index (χ3n) is 2.21. The van der Waals surface area contributed by atoms with Gasteiger partial charge in [0.1, 0.15) is 12.4 Å². The van der Waals surface area contributed by atoms with Crippen LogP contribution in [0.25, 0.3) is 0 Å². The van der Waals surface area contributed by atoms with Crippen LogP contribution in [0.5, 0.6) is 5.75 Å². The smallest absolute Gasteiger partial charge is 0.119 e. The molecule has 0 aliphatic heterocycles. The lowest BCUT2D eigenvalue weighted by Gasteiger charge is -2.07. The molecule has 0 aromatic heterocycles. The van der Waals surface area contributed by atoms with Crippen molar-refractivity contribution in [1.29, 1.82) is 0 Å². The normalized spacial score (nSPS) is 10.5. The number of halogens is 1.